The number of fused-ring (bicyclic) bond motifs is 1. The van der Waals surface area contributed by atoms with Crippen LogP contribution in [0, 0.1) is 17.1 Å². The maximum absolute atomic E-state index is 14.4. The molecule has 1 atom stereocenters. The number of hydrogen-bond acceptors (Lipinski definition) is 5. The van der Waals surface area contributed by atoms with Gasteiger partial charge in [0, 0.05) is 13.6 Å². The Labute approximate surface area is 162 Å². The van der Waals surface area contributed by atoms with Crippen LogP contribution in [0.15, 0.2) is 41.5 Å². The summed E-state index contributed by atoms with van der Waals surface area (Å²) < 4.78 is 36.3. The van der Waals surface area contributed by atoms with Gasteiger partial charge in [0.05, 0.1) is 22.9 Å². The molecule has 0 saturated carbocycles. The van der Waals surface area contributed by atoms with Gasteiger partial charge in [0.1, 0.15) is 17.4 Å². The number of anilines is 1. The second-order valence-corrected chi connectivity index (χ2v) is 7.04. The van der Waals surface area contributed by atoms with Crippen molar-refractivity contribution in [3.8, 4) is 17.6 Å². The van der Waals surface area contributed by atoms with Crippen LogP contribution in [0.1, 0.15) is 12.5 Å². The Bertz CT molecular complexity index is 1160. The molecule has 1 aromatic heterocycles. The van der Waals surface area contributed by atoms with Crippen LogP contribution in [0.3, 0.4) is 0 Å². The van der Waals surface area contributed by atoms with Gasteiger partial charge in [-0.2, -0.15) is 5.26 Å². The average Bonchev–Trinajstić information content (AvgIpc) is 2.70. The molecule has 2 aromatic carbocycles. The molecule has 144 valence electrons. The molecular formula is C18H16FN5O3S. The highest BCUT2D eigenvalue weighted by molar-refractivity contribution is 7.84. The van der Waals surface area contributed by atoms with Crippen LogP contribution in [0.25, 0.3) is 10.9 Å². The van der Waals surface area contributed by atoms with Gasteiger partial charge in [-0.05, 0) is 30.3 Å². The van der Waals surface area contributed by atoms with Crippen molar-refractivity contribution in [2.45, 2.75) is 6.92 Å². The topological polar surface area (TPSA) is 111 Å². The number of aromatic nitrogens is 2. The van der Waals surface area contributed by atoms with E-state index in [1.807, 2.05) is 13.0 Å². The number of H-pyrrole nitrogens is 1. The molecule has 0 spiro atoms. The molecule has 8 nitrogen and oxygen atoms in total. The van der Waals surface area contributed by atoms with Gasteiger partial charge in [0.2, 0.25) is 0 Å². The summed E-state index contributed by atoms with van der Waals surface area (Å²) in [5, 5.41) is 9.77. The fraction of sp³-hybridized carbons (Fsp3) is 0.167. The molecule has 0 saturated heterocycles. The van der Waals surface area contributed by atoms with Crippen LogP contribution in [0.2, 0.25) is 0 Å². The summed E-state index contributed by atoms with van der Waals surface area (Å²) in [6, 6.07) is 8.77. The fourth-order valence-corrected chi connectivity index (χ4v) is 3.12. The van der Waals surface area contributed by atoms with E-state index in [-0.39, 0.29) is 33.7 Å². The summed E-state index contributed by atoms with van der Waals surface area (Å²) in [5.41, 5.74) is 0.103. The summed E-state index contributed by atoms with van der Waals surface area (Å²) in [6.07, 6.45) is 1.28. The lowest BCUT2D eigenvalue weighted by Gasteiger charge is -2.17. The summed E-state index contributed by atoms with van der Waals surface area (Å²) in [5.74, 6) is -0.939. The first-order valence-corrected chi connectivity index (χ1v) is 9.32. The number of nitrogens with zero attached hydrogens (tertiary/aromatic N) is 3. The van der Waals surface area contributed by atoms with Crippen LogP contribution >= 0.6 is 0 Å². The van der Waals surface area contributed by atoms with Crippen molar-refractivity contribution in [2.75, 3.05) is 18.3 Å². The van der Waals surface area contributed by atoms with Crippen molar-refractivity contribution in [2.24, 2.45) is 0 Å². The normalized spacial score (nSPS) is 12.0. The summed E-state index contributed by atoms with van der Waals surface area (Å²) in [7, 11) is 1.64. The Hall–Kier alpha value is -3.29. The third-order valence-electron chi connectivity index (χ3n) is 3.98. The van der Waals surface area contributed by atoms with Gasteiger partial charge < -0.3 is 9.72 Å². The first-order valence-electron chi connectivity index (χ1n) is 8.22. The van der Waals surface area contributed by atoms with E-state index >= 15 is 0 Å². The zero-order valence-corrected chi connectivity index (χ0v) is 15.8. The van der Waals surface area contributed by atoms with Gasteiger partial charge in [0.25, 0.3) is 5.56 Å². The van der Waals surface area contributed by atoms with Crippen LogP contribution in [-0.4, -0.2) is 32.1 Å². The minimum Gasteiger partial charge on any atom is -0.453 e. The maximum Gasteiger partial charge on any atom is 0.258 e. The van der Waals surface area contributed by atoms with Gasteiger partial charge in [-0.15, -0.1) is 0 Å². The minimum absolute atomic E-state index is 0.141. The van der Waals surface area contributed by atoms with E-state index in [2.05, 4.69) is 14.7 Å². The molecule has 0 amide bonds. The standard InChI is InChI=1S/C18H16FN5O3S/c1-3-24(2)28(26)23-16-7-5-14(19)17(13(16)9-20)27-11-4-6-15-12(8-11)18(25)22-10-21-15/h4-8,10,23H,3H2,1-2H3,(H,21,22,25). The Morgan fingerprint density at radius 3 is 2.89 bits per heavy atom. The monoisotopic (exact) mass is 401 g/mol. The number of halogens is 1. The molecule has 0 aliphatic rings. The second-order valence-electron chi connectivity index (χ2n) is 5.72. The quantitative estimate of drug-likeness (QED) is 0.660. The van der Waals surface area contributed by atoms with Crippen LogP contribution in [0.4, 0.5) is 10.1 Å². The fourth-order valence-electron chi connectivity index (χ4n) is 2.37. The van der Waals surface area contributed by atoms with Crippen LogP contribution in [0.5, 0.6) is 11.5 Å². The van der Waals surface area contributed by atoms with Crippen LogP contribution in [-0.2, 0) is 11.2 Å². The minimum atomic E-state index is -1.61. The van der Waals surface area contributed by atoms with Gasteiger partial charge in [-0.3, -0.25) is 9.52 Å². The Morgan fingerprint density at radius 1 is 1.39 bits per heavy atom. The number of aromatic amines is 1. The van der Waals surface area contributed by atoms with E-state index in [9.17, 15) is 18.7 Å². The van der Waals surface area contributed by atoms with Crippen molar-refractivity contribution in [3.63, 3.8) is 0 Å². The largest absolute Gasteiger partial charge is 0.453 e. The molecule has 10 heteroatoms. The molecule has 2 N–H and O–H groups in total. The van der Waals surface area contributed by atoms with Crippen molar-refractivity contribution < 1.29 is 13.3 Å². The smallest absolute Gasteiger partial charge is 0.258 e. The number of nitriles is 1. The third kappa shape index (κ3) is 3.85. The molecule has 28 heavy (non-hydrogen) atoms. The van der Waals surface area contributed by atoms with Crippen molar-refractivity contribution in [1.82, 2.24) is 14.3 Å². The number of ether oxygens (including phenoxy) is 1. The number of nitrogens with one attached hydrogen (secondary N) is 2. The SMILES string of the molecule is CCN(C)S(=O)Nc1ccc(F)c(Oc2ccc3nc[nH]c(=O)c3c2)c1C#N. The Balaban J connectivity index is 2.01. The predicted molar refractivity (Wildman–Crippen MR) is 104 cm³/mol. The molecule has 0 bridgehead atoms. The van der Waals surface area contributed by atoms with Crippen molar-refractivity contribution in [3.05, 3.63) is 58.4 Å². The summed E-state index contributed by atoms with van der Waals surface area (Å²) in [6.45, 7) is 2.33. The highest BCUT2D eigenvalue weighted by atomic mass is 32.2. The van der Waals surface area contributed by atoms with Crippen molar-refractivity contribution >= 4 is 27.8 Å². The zero-order chi connectivity index (χ0) is 20.3. The van der Waals surface area contributed by atoms with E-state index in [0.717, 1.165) is 6.07 Å². The molecule has 0 fully saturated rings. The highest BCUT2D eigenvalue weighted by Crippen LogP contribution is 2.33. The third-order valence-corrected chi connectivity index (χ3v) is 5.20. The predicted octanol–water partition coefficient (Wildman–Crippen LogP) is 2.67. The molecule has 0 aliphatic heterocycles. The first kappa shape index (κ1) is 19.5. The lowest BCUT2D eigenvalue weighted by molar-refractivity contribution is 0.441. The Kier molecular flexibility index (Phi) is 5.67. The van der Waals surface area contributed by atoms with E-state index in [4.69, 9.17) is 4.74 Å². The highest BCUT2D eigenvalue weighted by Gasteiger charge is 2.18. The van der Waals surface area contributed by atoms with Gasteiger partial charge in [-0.25, -0.2) is 17.9 Å². The second kappa shape index (κ2) is 8.16. The Morgan fingerprint density at radius 2 is 2.18 bits per heavy atom. The zero-order valence-electron chi connectivity index (χ0n) is 15.0. The van der Waals surface area contributed by atoms with Gasteiger partial charge in [-0.1, -0.05) is 6.92 Å². The van der Waals surface area contributed by atoms with Gasteiger partial charge >= 0.3 is 0 Å². The molecule has 0 aliphatic carbocycles. The average molecular weight is 401 g/mol. The molecular weight excluding hydrogens is 385 g/mol. The van der Waals surface area contributed by atoms with Crippen molar-refractivity contribution in [1.29, 1.82) is 5.26 Å². The first-order chi connectivity index (χ1) is 13.4. The van der Waals surface area contributed by atoms with E-state index < -0.39 is 17.0 Å². The molecule has 1 unspecified atom stereocenters. The molecule has 1 heterocycles. The lowest BCUT2D eigenvalue weighted by Crippen LogP contribution is -2.26. The number of rotatable bonds is 6. The number of benzene rings is 2. The maximum atomic E-state index is 14.4. The van der Waals surface area contributed by atoms with E-state index in [0.29, 0.717) is 12.1 Å². The molecule has 3 aromatic rings. The van der Waals surface area contributed by atoms with E-state index in [1.54, 1.807) is 13.1 Å². The molecule has 3 rings (SSSR count). The van der Waals surface area contributed by atoms with Gasteiger partial charge in [0.15, 0.2) is 22.7 Å². The van der Waals surface area contributed by atoms with E-state index in [1.165, 1.54) is 28.8 Å². The summed E-state index contributed by atoms with van der Waals surface area (Å²) >= 11 is -1.61. The molecule has 0 radical (unpaired) electrons. The van der Waals surface area contributed by atoms with Crippen LogP contribution < -0.4 is 15.0 Å². The summed E-state index contributed by atoms with van der Waals surface area (Å²) in [4.78, 5) is 18.4. The lowest BCUT2D eigenvalue weighted by atomic mass is 10.1. The number of hydrogen-bond donors (Lipinski definition) is 2.